The number of hydrogen-bond donors (Lipinski definition) is 0. The van der Waals surface area contributed by atoms with Gasteiger partial charge in [-0.1, -0.05) is 6.08 Å². The summed E-state index contributed by atoms with van der Waals surface area (Å²) in [5.41, 5.74) is 0.130. The average Bonchev–Trinajstić information content (AvgIpc) is 2.91. The molecule has 0 spiro atoms. The Hall–Kier alpha value is -1.43. The lowest BCUT2D eigenvalue weighted by Gasteiger charge is -2.56. The normalized spacial score (nSPS) is 33.2. The number of aromatic nitrogens is 3. The minimum atomic E-state index is -0.499. The van der Waals surface area contributed by atoms with Crippen LogP contribution in [-0.2, 0) is 21.5 Å². The number of nitrogens with zero attached hydrogens (tertiary/aromatic N) is 3. The largest absolute Gasteiger partial charge is 0.464 e. The third-order valence-electron chi connectivity index (χ3n) is 6.70. The number of esters is 1. The van der Waals surface area contributed by atoms with Gasteiger partial charge in [0.1, 0.15) is 11.9 Å². The highest BCUT2D eigenvalue weighted by molar-refractivity contribution is 7.71. The molecule has 0 radical (unpaired) electrons. The zero-order chi connectivity index (χ0) is 18.5. The molecule has 0 N–H and O–H groups in total. The van der Waals surface area contributed by atoms with E-state index in [1.165, 1.54) is 38.5 Å². The van der Waals surface area contributed by atoms with Crippen molar-refractivity contribution in [2.45, 2.75) is 70.4 Å². The molecule has 1 unspecified atom stereocenters. The van der Waals surface area contributed by atoms with Crippen LogP contribution in [0.3, 0.4) is 0 Å². The minimum absolute atomic E-state index is 0.130. The van der Waals surface area contributed by atoms with Crippen LogP contribution in [0, 0.1) is 22.5 Å². The molecule has 5 rings (SSSR count). The topological polar surface area (TPSA) is 49.0 Å². The molecule has 1 heterocycles. The molecule has 142 valence electrons. The van der Waals surface area contributed by atoms with Crippen molar-refractivity contribution in [3.8, 4) is 0 Å². The first-order valence-corrected chi connectivity index (χ1v) is 10.4. The Bertz CT molecular complexity index is 743. The SMILES string of the molecule is C=CCn1c(C23CC4CC(CC(C4)C2)C3)nn(C(C)C(=O)OCC)c1=S. The predicted molar refractivity (Wildman–Crippen MR) is 102 cm³/mol. The second-order valence-electron chi connectivity index (χ2n) is 8.58. The number of hydrogen-bond acceptors (Lipinski definition) is 4. The maximum atomic E-state index is 12.3. The fraction of sp³-hybridized carbons (Fsp3) is 0.750. The number of carbonyl (C=O) groups excluding carboxylic acids is 1. The van der Waals surface area contributed by atoms with Crippen molar-refractivity contribution >= 4 is 18.2 Å². The number of ether oxygens (including phenoxy) is 1. The summed E-state index contributed by atoms with van der Waals surface area (Å²) in [7, 11) is 0. The van der Waals surface area contributed by atoms with Crippen LogP contribution in [0.5, 0.6) is 0 Å². The van der Waals surface area contributed by atoms with Gasteiger partial charge in [0.25, 0.3) is 0 Å². The Kier molecular flexibility index (Phi) is 4.58. The zero-order valence-corrected chi connectivity index (χ0v) is 16.6. The summed E-state index contributed by atoms with van der Waals surface area (Å²) in [6.45, 7) is 8.56. The molecule has 4 bridgehead atoms. The van der Waals surface area contributed by atoms with Gasteiger partial charge < -0.3 is 4.74 Å². The van der Waals surface area contributed by atoms with Crippen molar-refractivity contribution in [3.05, 3.63) is 23.3 Å². The highest BCUT2D eigenvalue weighted by Gasteiger charge is 2.54. The molecule has 1 aromatic rings. The van der Waals surface area contributed by atoms with Gasteiger partial charge in [0.2, 0.25) is 0 Å². The lowest BCUT2D eigenvalue weighted by molar-refractivity contribution is -0.146. The first-order chi connectivity index (χ1) is 12.5. The second-order valence-corrected chi connectivity index (χ2v) is 8.94. The van der Waals surface area contributed by atoms with Gasteiger partial charge in [-0.25, -0.2) is 9.48 Å². The summed E-state index contributed by atoms with van der Waals surface area (Å²) in [5.74, 6) is 3.31. The van der Waals surface area contributed by atoms with E-state index in [0.29, 0.717) is 17.9 Å². The van der Waals surface area contributed by atoms with Gasteiger partial charge in [0, 0.05) is 12.0 Å². The van der Waals surface area contributed by atoms with Gasteiger partial charge in [-0.3, -0.25) is 4.57 Å². The van der Waals surface area contributed by atoms with Gasteiger partial charge in [0.15, 0.2) is 4.77 Å². The summed E-state index contributed by atoms with van der Waals surface area (Å²) in [5, 5.41) is 4.95. The van der Waals surface area contributed by atoms with Gasteiger partial charge in [-0.2, -0.15) is 5.10 Å². The van der Waals surface area contributed by atoms with Crippen LogP contribution >= 0.6 is 12.2 Å². The van der Waals surface area contributed by atoms with E-state index >= 15 is 0 Å². The monoisotopic (exact) mass is 375 g/mol. The van der Waals surface area contributed by atoms with Crippen molar-refractivity contribution in [3.63, 3.8) is 0 Å². The van der Waals surface area contributed by atoms with Crippen molar-refractivity contribution in [1.82, 2.24) is 14.3 Å². The Morgan fingerprint density at radius 3 is 2.42 bits per heavy atom. The van der Waals surface area contributed by atoms with Crippen LogP contribution in [0.2, 0.25) is 0 Å². The highest BCUT2D eigenvalue weighted by Crippen LogP contribution is 2.60. The van der Waals surface area contributed by atoms with Crippen LogP contribution in [0.25, 0.3) is 0 Å². The van der Waals surface area contributed by atoms with Gasteiger partial charge in [-0.05, 0) is 82.3 Å². The molecule has 4 fully saturated rings. The molecule has 4 aliphatic carbocycles. The first kappa shape index (κ1) is 18.0. The Morgan fingerprint density at radius 2 is 1.92 bits per heavy atom. The van der Waals surface area contributed by atoms with E-state index in [9.17, 15) is 4.79 Å². The highest BCUT2D eigenvalue weighted by atomic mass is 32.1. The van der Waals surface area contributed by atoms with E-state index in [0.717, 1.165) is 23.6 Å². The van der Waals surface area contributed by atoms with Crippen molar-refractivity contribution in [2.24, 2.45) is 17.8 Å². The fourth-order valence-electron chi connectivity index (χ4n) is 6.10. The molecule has 0 aromatic carbocycles. The number of carbonyl (C=O) groups is 1. The molecule has 5 nitrogen and oxygen atoms in total. The van der Waals surface area contributed by atoms with Crippen LogP contribution in [0.15, 0.2) is 12.7 Å². The molecule has 0 aliphatic heterocycles. The molecule has 6 heteroatoms. The quantitative estimate of drug-likeness (QED) is 0.425. The van der Waals surface area contributed by atoms with Gasteiger partial charge in [-0.15, -0.1) is 6.58 Å². The van der Waals surface area contributed by atoms with Crippen molar-refractivity contribution in [2.75, 3.05) is 6.61 Å². The lowest BCUT2D eigenvalue weighted by Crippen LogP contribution is -2.49. The number of allylic oxidation sites excluding steroid dienone is 1. The summed E-state index contributed by atoms with van der Waals surface area (Å²) < 4.78 is 9.62. The molecule has 1 aromatic heterocycles. The molecular weight excluding hydrogens is 346 g/mol. The maximum absolute atomic E-state index is 12.3. The summed E-state index contributed by atoms with van der Waals surface area (Å²) in [6, 6.07) is -0.499. The minimum Gasteiger partial charge on any atom is -0.464 e. The summed E-state index contributed by atoms with van der Waals surface area (Å²) in [4.78, 5) is 12.3. The molecular formula is C20H29N3O2S. The molecule has 26 heavy (non-hydrogen) atoms. The van der Waals surface area contributed by atoms with E-state index < -0.39 is 6.04 Å². The second kappa shape index (κ2) is 6.63. The molecule has 0 saturated heterocycles. The van der Waals surface area contributed by atoms with Crippen molar-refractivity contribution in [1.29, 1.82) is 0 Å². The fourth-order valence-corrected chi connectivity index (χ4v) is 6.46. The summed E-state index contributed by atoms with van der Waals surface area (Å²) in [6.07, 6.45) is 9.70. The Morgan fingerprint density at radius 1 is 1.35 bits per heavy atom. The molecule has 0 amide bonds. The maximum Gasteiger partial charge on any atom is 0.330 e. The van der Waals surface area contributed by atoms with Crippen LogP contribution in [0.4, 0.5) is 0 Å². The van der Waals surface area contributed by atoms with E-state index in [1.54, 1.807) is 4.68 Å². The molecule has 4 aliphatic rings. The van der Waals surface area contributed by atoms with Gasteiger partial charge in [0.05, 0.1) is 6.61 Å². The van der Waals surface area contributed by atoms with Crippen molar-refractivity contribution < 1.29 is 9.53 Å². The zero-order valence-electron chi connectivity index (χ0n) is 15.8. The van der Waals surface area contributed by atoms with E-state index in [2.05, 4.69) is 11.1 Å². The van der Waals surface area contributed by atoms with Gasteiger partial charge >= 0.3 is 5.97 Å². The lowest BCUT2D eigenvalue weighted by atomic mass is 9.49. The van der Waals surface area contributed by atoms with E-state index in [-0.39, 0.29) is 11.4 Å². The molecule has 4 saturated carbocycles. The first-order valence-electron chi connectivity index (χ1n) is 9.94. The third-order valence-corrected chi connectivity index (χ3v) is 7.11. The molecule has 1 atom stereocenters. The smallest absolute Gasteiger partial charge is 0.330 e. The Labute approximate surface area is 160 Å². The predicted octanol–water partition coefficient (Wildman–Crippen LogP) is 4.19. The van der Waals surface area contributed by atoms with Crippen LogP contribution in [-0.4, -0.2) is 26.9 Å². The summed E-state index contributed by atoms with van der Waals surface area (Å²) >= 11 is 5.72. The van der Waals surface area contributed by atoms with E-state index in [4.69, 9.17) is 22.1 Å². The standard InChI is InChI=1S/C20H29N3O2S/c1-4-6-22-18(21-23(19(22)26)13(3)17(24)25-5-2)20-10-14-7-15(11-20)9-16(8-14)12-20/h4,13-16H,1,5-12H2,2-3H3. The third kappa shape index (κ3) is 2.77. The van der Waals surface area contributed by atoms with E-state index in [1.807, 2.05) is 19.9 Å². The average molecular weight is 376 g/mol. The van der Waals surface area contributed by atoms with Crippen LogP contribution in [0.1, 0.15) is 64.2 Å². The van der Waals surface area contributed by atoms with Crippen LogP contribution < -0.4 is 0 Å². The number of rotatable bonds is 6. The Balaban J connectivity index is 1.76.